The van der Waals surface area contributed by atoms with Crippen molar-refractivity contribution in [3.63, 3.8) is 0 Å². The maximum atomic E-state index is 12.3. The molecule has 2 aromatic carbocycles. The lowest BCUT2D eigenvalue weighted by Crippen LogP contribution is -2.08. The summed E-state index contributed by atoms with van der Waals surface area (Å²) in [4.78, 5) is 12.3. The molecule has 0 bridgehead atoms. The van der Waals surface area contributed by atoms with Crippen molar-refractivity contribution in [3.8, 4) is 5.75 Å². The topological polar surface area (TPSA) is 38.3 Å². The van der Waals surface area contributed by atoms with Crippen LogP contribution in [0.2, 0.25) is 0 Å². The highest BCUT2D eigenvalue weighted by Crippen LogP contribution is 2.22. The van der Waals surface area contributed by atoms with Gasteiger partial charge < -0.3 is 10.1 Å². The highest BCUT2D eigenvalue weighted by molar-refractivity contribution is 5.83. The Hall–Kier alpha value is -2.13. The molecule has 3 nitrogen and oxygen atoms in total. The zero-order valence-electron chi connectivity index (χ0n) is 13.5. The van der Waals surface area contributed by atoms with Gasteiger partial charge in [0, 0.05) is 19.4 Å². The van der Waals surface area contributed by atoms with Crippen molar-refractivity contribution in [1.29, 1.82) is 0 Å². The van der Waals surface area contributed by atoms with Crippen LogP contribution in [0.4, 0.5) is 0 Å². The molecule has 0 spiro atoms. The molecule has 120 valence electrons. The van der Waals surface area contributed by atoms with Gasteiger partial charge in [0.05, 0.1) is 7.11 Å². The number of carbonyl (C=O) groups excluding carboxylic acids is 1. The summed E-state index contributed by atoms with van der Waals surface area (Å²) in [6.07, 6.45) is 2.14. The molecular formula is C20H23NO2. The highest BCUT2D eigenvalue weighted by atomic mass is 16.5. The first-order valence-electron chi connectivity index (χ1n) is 8.19. The van der Waals surface area contributed by atoms with Crippen molar-refractivity contribution in [2.75, 3.05) is 20.2 Å². The van der Waals surface area contributed by atoms with Gasteiger partial charge in [0.2, 0.25) is 0 Å². The van der Waals surface area contributed by atoms with Crippen LogP contribution >= 0.6 is 0 Å². The van der Waals surface area contributed by atoms with Gasteiger partial charge in [-0.3, -0.25) is 4.79 Å². The Morgan fingerprint density at radius 2 is 1.91 bits per heavy atom. The number of ketones is 1. The molecule has 0 aliphatic carbocycles. The molecule has 3 rings (SSSR count). The second-order valence-electron chi connectivity index (χ2n) is 6.18. The summed E-state index contributed by atoms with van der Waals surface area (Å²) in [5.74, 6) is 1.65. The fourth-order valence-electron chi connectivity index (χ4n) is 3.15. The lowest BCUT2D eigenvalue weighted by atomic mass is 9.95. The van der Waals surface area contributed by atoms with E-state index in [-0.39, 0.29) is 5.78 Å². The van der Waals surface area contributed by atoms with E-state index in [1.807, 2.05) is 24.3 Å². The highest BCUT2D eigenvalue weighted by Gasteiger charge is 2.16. The van der Waals surface area contributed by atoms with Crippen molar-refractivity contribution in [1.82, 2.24) is 5.32 Å². The Morgan fingerprint density at radius 1 is 1.13 bits per heavy atom. The number of methoxy groups -OCH3 is 1. The Kier molecular flexibility index (Phi) is 5.09. The molecule has 0 radical (unpaired) electrons. The minimum Gasteiger partial charge on any atom is -0.497 e. The molecule has 1 aliphatic heterocycles. The molecule has 1 saturated heterocycles. The minimum absolute atomic E-state index is 0.230. The van der Waals surface area contributed by atoms with E-state index >= 15 is 0 Å². The van der Waals surface area contributed by atoms with Gasteiger partial charge in [0.25, 0.3) is 0 Å². The Labute approximate surface area is 137 Å². The molecule has 0 saturated carbocycles. The lowest BCUT2D eigenvalue weighted by Gasteiger charge is -2.09. The van der Waals surface area contributed by atoms with E-state index < -0.39 is 0 Å². The normalized spacial score (nSPS) is 17.2. The Balaban J connectivity index is 1.58. The molecular weight excluding hydrogens is 286 g/mol. The van der Waals surface area contributed by atoms with Crippen LogP contribution in [0.3, 0.4) is 0 Å². The zero-order chi connectivity index (χ0) is 16.1. The molecule has 1 heterocycles. The molecule has 0 aromatic heterocycles. The number of rotatable bonds is 6. The summed E-state index contributed by atoms with van der Waals surface area (Å²) < 4.78 is 5.20. The number of carbonyl (C=O) groups is 1. The fourth-order valence-corrected chi connectivity index (χ4v) is 3.15. The van der Waals surface area contributed by atoms with Crippen LogP contribution in [0.15, 0.2) is 48.5 Å². The van der Waals surface area contributed by atoms with Gasteiger partial charge in [-0.05, 0) is 47.7 Å². The van der Waals surface area contributed by atoms with Crippen molar-refractivity contribution >= 4 is 5.78 Å². The van der Waals surface area contributed by atoms with E-state index in [2.05, 4.69) is 29.6 Å². The van der Waals surface area contributed by atoms with Gasteiger partial charge in [0.1, 0.15) is 11.5 Å². The van der Waals surface area contributed by atoms with E-state index in [0.717, 1.165) is 30.0 Å². The van der Waals surface area contributed by atoms with Gasteiger partial charge in [-0.15, -0.1) is 0 Å². The number of benzene rings is 2. The largest absolute Gasteiger partial charge is 0.497 e. The molecule has 1 atom stereocenters. The summed E-state index contributed by atoms with van der Waals surface area (Å²) in [5.41, 5.74) is 3.47. The average Bonchev–Trinajstić information content (AvgIpc) is 3.10. The first kappa shape index (κ1) is 15.8. The average molecular weight is 309 g/mol. The molecule has 3 heteroatoms. The molecule has 1 fully saturated rings. The van der Waals surface area contributed by atoms with Crippen LogP contribution in [0.25, 0.3) is 0 Å². The zero-order valence-corrected chi connectivity index (χ0v) is 13.5. The third-order valence-corrected chi connectivity index (χ3v) is 4.45. The van der Waals surface area contributed by atoms with Gasteiger partial charge in [0.15, 0.2) is 0 Å². The van der Waals surface area contributed by atoms with E-state index in [0.29, 0.717) is 18.8 Å². The van der Waals surface area contributed by atoms with Crippen LogP contribution in [0, 0.1) is 0 Å². The van der Waals surface area contributed by atoms with Crippen LogP contribution in [-0.4, -0.2) is 26.0 Å². The molecule has 23 heavy (non-hydrogen) atoms. The van der Waals surface area contributed by atoms with Crippen molar-refractivity contribution in [2.24, 2.45) is 0 Å². The molecule has 2 aromatic rings. The summed E-state index contributed by atoms with van der Waals surface area (Å²) >= 11 is 0. The second-order valence-corrected chi connectivity index (χ2v) is 6.18. The molecule has 1 aliphatic rings. The maximum Gasteiger partial charge on any atom is 0.141 e. The maximum absolute atomic E-state index is 12.3. The van der Waals surface area contributed by atoms with Gasteiger partial charge in [-0.2, -0.15) is 0 Å². The van der Waals surface area contributed by atoms with Gasteiger partial charge in [-0.25, -0.2) is 0 Å². The summed E-state index contributed by atoms with van der Waals surface area (Å²) in [5, 5.41) is 3.39. The first-order chi connectivity index (χ1) is 11.2. The number of hydrogen-bond acceptors (Lipinski definition) is 3. The number of Topliss-reactive ketones (excluding diaryl/α,β-unsaturated/α-hetero) is 1. The SMILES string of the molecule is COc1cccc(CC(=O)Cc2ccc(C3CCNC3)cc2)c1. The van der Waals surface area contributed by atoms with Crippen LogP contribution in [-0.2, 0) is 17.6 Å². The summed E-state index contributed by atoms with van der Waals surface area (Å²) in [6, 6.07) is 16.2. The van der Waals surface area contributed by atoms with E-state index in [4.69, 9.17) is 4.74 Å². The van der Waals surface area contributed by atoms with E-state index in [9.17, 15) is 4.79 Å². The first-order valence-corrected chi connectivity index (χ1v) is 8.19. The van der Waals surface area contributed by atoms with Crippen molar-refractivity contribution in [3.05, 3.63) is 65.2 Å². The van der Waals surface area contributed by atoms with E-state index in [1.54, 1.807) is 7.11 Å². The van der Waals surface area contributed by atoms with Crippen LogP contribution in [0.5, 0.6) is 5.75 Å². The molecule has 1 unspecified atom stereocenters. The molecule has 1 N–H and O–H groups in total. The fraction of sp³-hybridized carbons (Fsp3) is 0.350. The predicted octanol–water partition coefficient (Wildman–Crippen LogP) is 3.13. The van der Waals surface area contributed by atoms with Gasteiger partial charge in [-0.1, -0.05) is 36.4 Å². The standard InChI is InChI=1S/C20H23NO2/c1-23-20-4-2-3-16(13-20)12-19(22)11-15-5-7-17(8-6-15)18-9-10-21-14-18/h2-8,13,18,21H,9-12,14H2,1H3. The van der Waals surface area contributed by atoms with E-state index in [1.165, 1.54) is 12.0 Å². The van der Waals surface area contributed by atoms with Crippen LogP contribution in [0.1, 0.15) is 29.0 Å². The number of nitrogens with one attached hydrogen (secondary N) is 1. The molecule has 0 amide bonds. The van der Waals surface area contributed by atoms with Crippen molar-refractivity contribution < 1.29 is 9.53 Å². The number of ether oxygens (including phenoxy) is 1. The minimum atomic E-state index is 0.230. The summed E-state index contributed by atoms with van der Waals surface area (Å²) in [6.45, 7) is 2.17. The Bertz CT molecular complexity index is 658. The summed E-state index contributed by atoms with van der Waals surface area (Å²) in [7, 11) is 1.64. The third-order valence-electron chi connectivity index (χ3n) is 4.45. The number of hydrogen-bond donors (Lipinski definition) is 1. The third kappa shape index (κ3) is 4.20. The van der Waals surface area contributed by atoms with Crippen molar-refractivity contribution in [2.45, 2.75) is 25.2 Å². The Morgan fingerprint density at radius 3 is 2.61 bits per heavy atom. The van der Waals surface area contributed by atoms with Gasteiger partial charge >= 0.3 is 0 Å². The monoisotopic (exact) mass is 309 g/mol. The smallest absolute Gasteiger partial charge is 0.141 e. The van der Waals surface area contributed by atoms with Crippen LogP contribution < -0.4 is 10.1 Å². The quantitative estimate of drug-likeness (QED) is 0.891. The second kappa shape index (κ2) is 7.42. The lowest BCUT2D eigenvalue weighted by molar-refractivity contribution is -0.117. The predicted molar refractivity (Wildman–Crippen MR) is 92.1 cm³/mol.